The number of pyridine rings is 1. The number of nitrogens with zero attached hydrogens (tertiary/aromatic N) is 2. The van der Waals surface area contributed by atoms with E-state index in [9.17, 15) is 0 Å². The SMILES string of the molecule is C=CC1CCN2C(=C)CCc3ccnc1c32. The van der Waals surface area contributed by atoms with Crippen molar-refractivity contribution in [1.82, 2.24) is 4.98 Å². The van der Waals surface area contributed by atoms with Crippen molar-refractivity contribution < 1.29 is 0 Å². The molecule has 16 heavy (non-hydrogen) atoms. The topological polar surface area (TPSA) is 16.1 Å². The molecule has 1 aromatic heterocycles. The lowest BCUT2D eigenvalue weighted by molar-refractivity contribution is 0.634. The molecule has 2 aliphatic rings. The summed E-state index contributed by atoms with van der Waals surface area (Å²) in [5, 5.41) is 0. The van der Waals surface area contributed by atoms with Crippen molar-refractivity contribution in [3.63, 3.8) is 0 Å². The quantitative estimate of drug-likeness (QED) is 0.665. The number of hydrogen-bond acceptors (Lipinski definition) is 2. The van der Waals surface area contributed by atoms with Crippen molar-refractivity contribution in [3.05, 3.63) is 48.5 Å². The summed E-state index contributed by atoms with van der Waals surface area (Å²) in [5.41, 5.74) is 5.17. The largest absolute Gasteiger partial charge is 0.344 e. The fraction of sp³-hybridized carbons (Fsp3) is 0.357. The number of rotatable bonds is 1. The molecule has 0 fully saturated rings. The van der Waals surface area contributed by atoms with E-state index in [0.29, 0.717) is 5.92 Å². The van der Waals surface area contributed by atoms with E-state index in [-0.39, 0.29) is 0 Å². The van der Waals surface area contributed by atoms with Gasteiger partial charge in [0.1, 0.15) is 0 Å². The predicted octanol–water partition coefficient (Wildman–Crippen LogP) is 3.02. The molecule has 1 atom stereocenters. The summed E-state index contributed by atoms with van der Waals surface area (Å²) >= 11 is 0. The van der Waals surface area contributed by atoms with Crippen LogP contribution in [0, 0.1) is 0 Å². The first-order valence-electron chi connectivity index (χ1n) is 5.87. The molecule has 2 nitrogen and oxygen atoms in total. The van der Waals surface area contributed by atoms with E-state index in [1.807, 2.05) is 12.3 Å². The molecule has 0 saturated heterocycles. The molecule has 0 bridgehead atoms. The lowest BCUT2D eigenvalue weighted by atomic mass is 9.88. The molecule has 0 saturated carbocycles. The highest BCUT2D eigenvalue weighted by atomic mass is 15.2. The molecular weight excluding hydrogens is 196 g/mol. The van der Waals surface area contributed by atoms with Gasteiger partial charge in [0.15, 0.2) is 0 Å². The lowest BCUT2D eigenvalue weighted by Gasteiger charge is -2.39. The van der Waals surface area contributed by atoms with Gasteiger partial charge in [-0.3, -0.25) is 4.98 Å². The van der Waals surface area contributed by atoms with Crippen LogP contribution in [0.2, 0.25) is 0 Å². The lowest BCUT2D eigenvalue weighted by Crippen LogP contribution is -2.34. The molecule has 2 aliphatic heterocycles. The summed E-state index contributed by atoms with van der Waals surface area (Å²) in [6, 6.07) is 2.14. The Labute approximate surface area is 96.3 Å². The predicted molar refractivity (Wildman–Crippen MR) is 66.6 cm³/mol. The maximum atomic E-state index is 4.54. The number of anilines is 1. The minimum atomic E-state index is 0.414. The Hall–Kier alpha value is -1.57. The van der Waals surface area contributed by atoms with Gasteiger partial charge in [0.05, 0.1) is 11.4 Å². The van der Waals surface area contributed by atoms with Gasteiger partial charge in [0.25, 0.3) is 0 Å². The van der Waals surface area contributed by atoms with Gasteiger partial charge in [-0.2, -0.15) is 0 Å². The molecular formula is C14H16N2. The molecule has 0 N–H and O–H groups in total. The van der Waals surface area contributed by atoms with Crippen LogP contribution in [0.15, 0.2) is 37.2 Å². The summed E-state index contributed by atoms with van der Waals surface area (Å²) < 4.78 is 0. The maximum Gasteiger partial charge on any atom is 0.0711 e. The molecule has 82 valence electrons. The summed E-state index contributed by atoms with van der Waals surface area (Å²) in [4.78, 5) is 6.89. The monoisotopic (exact) mass is 212 g/mol. The standard InChI is InChI=1S/C14H16N2/c1-3-11-7-9-16-10(2)4-5-12-6-8-15-13(11)14(12)16/h3,6,8,11H,1-2,4-5,7,9H2. The summed E-state index contributed by atoms with van der Waals surface area (Å²) in [5.74, 6) is 0.414. The molecule has 3 heterocycles. The maximum absolute atomic E-state index is 4.54. The molecule has 0 amide bonds. The average Bonchev–Trinajstić information content (AvgIpc) is 2.34. The summed E-state index contributed by atoms with van der Waals surface area (Å²) in [6.45, 7) is 9.14. The van der Waals surface area contributed by atoms with Crippen LogP contribution >= 0.6 is 0 Å². The van der Waals surface area contributed by atoms with Crippen molar-refractivity contribution in [3.8, 4) is 0 Å². The van der Waals surface area contributed by atoms with Gasteiger partial charge in [0.2, 0.25) is 0 Å². The average molecular weight is 212 g/mol. The number of hydrogen-bond donors (Lipinski definition) is 0. The van der Waals surface area contributed by atoms with E-state index in [4.69, 9.17) is 0 Å². The van der Waals surface area contributed by atoms with Crippen LogP contribution in [-0.2, 0) is 6.42 Å². The second kappa shape index (κ2) is 3.48. The van der Waals surface area contributed by atoms with Gasteiger partial charge in [-0.05, 0) is 30.9 Å². The number of aryl methyl sites for hydroxylation is 1. The highest BCUT2D eigenvalue weighted by Crippen LogP contribution is 2.42. The summed E-state index contributed by atoms with van der Waals surface area (Å²) in [7, 11) is 0. The summed E-state index contributed by atoms with van der Waals surface area (Å²) in [6.07, 6.45) is 7.24. The fourth-order valence-corrected chi connectivity index (χ4v) is 2.77. The van der Waals surface area contributed by atoms with Crippen LogP contribution in [0.1, 0.15) is 30.0 Å². The Morgan fingerprint density at radius 2 is 2.31 bits per heavy atom. The normalized spacial score (nSPS) is 22.9. The van der Waals surface area contributed by atoms with E-state index in [1.165, 1.54) is 22.6 Å². The Bertz CT molecular complexity index is 462. The van der Waals surface area contributed by atoms with Crippen molar-refractivity contribution in [2.45, 2.75) is 25.2 Å². The van der Waals surface area contributed by atoms with E-state index in [1.54, 1.807) is 0 Å². The molecule has 1 unspecified atom stereocenters. The first-order valence-corrected chi connectivity index (χ1v) is 5.87. The number of aromatic nitrogens is 1. The zero-order valence-electron chi connectivity index (χ0n) is 9.45. The van der Waals surface area contributed by atoms with Crippen molar-refractivity contribution in [1.29, 1.82) is 0 Å². The van der Waals surface area contributed by atoms with E-state index in [0.717, 1.165) is 25.8 Å². The fourth-order valence-electron chi connectivity index (χ4n) is 2.77. The Morgan fingerprint density at radius 3 is 3.12 bits per heavy atom. The smallest absolute Gasteiger partial charge is 0.0711 e. The van der Waals surface area contributed by atoms with Crippen LogP contribution in [-0.4, -0.2) is 11.5 Å². The molecule has 0 spiro atoms. The van der Waals surface area contributed by atoms with Gasteiger partial charge in [-0.25, -0.2) is 0 Å². The zero-order chi connectivity index (χ0) is 11.1. The van der Waals surface area contributed by atoms with Crippen LogP contribution in [0.25, 0.3) is 0 Å². The van der Waals surface area contributed by atoms with Gasteiger partial charge >= 0.3 is 0 Å². The zero-order valence-corrected chi connectivity index (χ0v) is 9.45. The molecule has 0 aliphatic carbocycles. The van der Waals surface area contributed by atoms with Crippen molar-refractivity contribution in [2.24, 2.45) is 0 Å². The second-order valence-corrected chi connectivity index (χ2v) is 4.55. The minimum Gasteiger partial charge on any atom is -0.344 e. The molecule has 0 radical (unpaired) electrons. The van der Waals surface area contributed by atoms with Gasteiger partial charge in [-0.1, -0.05) is 12.7 Å². The highest BCUT2D eigenvalue weighted by Gasteiger charge is 2.30. The minimum absolute atomic E-state index is 0.414. The highest BCUT2D eigenvalue weighted by molar-refractivity contribution is 5.66. The van der Waals surface area contributed by atoms with Crippen LogP contribution in [0.3, 0.4) is 0 Å². The third-order valence-electron chi connectivity index (χ3n) is 3.67. The molecule has 3 rings (SSSR count). The molecule has 1 aromatic rings. The first-order chi connectivity index (χ1) is 7.81. The van der Waals surface area contributed by atoms with Gasteiger partial charge in [0, 0.05) is 24.4 Å². The third-order valence-corrected chi connectivity index (χ3v) is 3.67. The van der Waals surface area contributed by atoms with Crippen molar-refractivity contribution in [2.75, 3.05) is 11.4 Å². The third kappa shape index (κ3) is 1.22. The Balaban J connectivity index is 2.20. The van der Waals surface area contributed by atoms with Crippen LogP contribution < -0.4 is 4.90 Å². The van der Waals surface area contributed by atoms with E-state index >= 15 is 0 Å². The molecule has 2 heteroatoms. The van der Waals surface area contributed by atoms with E-state index in [2.05, 4.69) is 29.1 Å². The van der Waals surface area contributed by atoms with Crippen molar-refractivity contribution >= 4 is 5.69 Å². The Kier molecular flexibility index (Phi) is 2.10. The van der Waals surface area contributed by atoms with Gasteiger partial charge < -0.3 is 4.90 Å². The first kappa shape index (κ1) is 9.64. The number of allylic oxidation sites excluding steroid dienone is 2. The molecule has 0 aromatic carbocycles. The Morgan fingerprint density at radius 1 is 1.44 bits per heavy atom. The second-order valence-electron chi connectivity index (χ2n) is 4.55. The van der Waals surface area contributed by atoms with Crippen LogP contribution in [0.5, 0.6) is 0 Å². The van der Waals surface area contributed by atoms with Crippen LogP contribution in [0.4, 0.5) is 5.69 Å². The van der Waals surface area contributed by atoms with Gasteiger partial charge in [-0.15, -0.1) is 6.58 Å². The van der Waals surface area contributed by atoms with E-state index < -0.39 is 0 Å².